The summed E-state index contributed by atoms with van der Waals surface area (Å²) in [7, 11) is -0.760. The van der Waals surface area contributed by atoms with Gasteiger partial charge in [0.05, 0.1) is 0 Å². The van der Waals surface area contributed by atoms with E-state index in [-0.39, 0.29) is 11.4 Å². The number of nitrogens with one attached hydrogen (secondary N) is 1. The Kier molecular flexibility index (Phi) is 4.78. The smallest absolute Gasteiger partial charge is 0.244 e. The van der Waals surface area contributed by atoms with Crippen molar-refractivity contribution in [2.75, 3.05) is 27.2 Å². The van der Waals surface area contributed by atoms with Crippen LogP contribution < -0.4 is 5.32 Å². The first-order valence-corrected chi connectivity index (χ1v) is 6.68. The quantitative estimate of drug-likeness (QED) is 0.848. The summed E-state index contributed by atoms with van der Waals surface area (Å²) in [5.74, 6) is -0.833. The van der Waals surface area contributed by atoms with Gasteiger partial charge in [-0.05, 0) is 19.2 Å². The zero-order chi connectivity index (χ0) is 13.8. The van der Waals surface area contributed by atoms with E-state index in [1.165, 1.54) is 19.2 Å². The van der Waals surface area contributed by atoms with E-state index in [1.54, 1.807) is 13.1 Å². The molecule has 7 heteroatoms. The Bertz CT molecular complexity index is 566. The van der Waals surface area contributed by atoms with Crippen LogP contribution in [0.15, 0.2) is 23.1 Å². The van der Waals surface area contributed by atoms with Gasteiger partial charge in [0, 0.05) is 20.1 Å². The van der Waals surface area contributed by atoms with Crippen molar-refractivity contribution in [1.82, 2.24) is 9.62 Å². The Morgan fingerprint density at radius 2 is 2.17 bits per heavy atom. The molecule has 0 spiro atoms. The molecule has 1 rings (SSSR count). The Morgan fingerprint density at radius 3 is 2.72 bits per heavy atom. The minimum Gasteiger partial charge on any atom is -0.318 e. The van der Waals surface area contributed by atoms with Crippen LogP contribution in [0, 0.1) is 17.1 Å². The molecule has 0 radical (unpaired) electrons. The van der Waals surface area contributed by atoms with Crippen molar-refractivity contribution < 1.29 is 12.8 Å². The summed E-state index contributed by atoms with van der Waals surface area (Å²) in [6, 6.07) is 5.15. The zero-order valence-corrected chi connectivity index (χ0v) is 11.0. The van der Waals surface area contributed by atoms with Crippen molar-refractivity contribution in [3.63, 3.8) is 0 Å². The number of halogens is 1. The lowest BCUT2D eigenvalue weighted by molar-refractivity contribution is 0.465. The third kappa shape index (κ3) is 2.85. The second-order valence-electron chi connectivity index (χ2n) is 3.65. The molecule has 0 bridgehead atoms. The summed E-state index contributed by atoms with van der Waals surface area (Å²) in [5, 5.41) is 11.7. The third-order valence-corrected chi connectivity index (χ3v) is 4.35. The lowest BCUT2D eigenvalue weighted by atomic mass is 10.2. The standard InChI is InChI=1S/C11H14FN3O2S/c1-14-6-7-15(2)18(16,17)11-5-3-4-10(12)9(11)8-13/h3-5,14H,6-7H2,1-2H3. The summed E-state index contributed by atoms with van der Waals surface area (Å²) >= 11 is 0. The van der Waals surface area contributed by atoms with Crippen molar-refractivity contribution in [2.24, 2.45) is 0 Å². The van der Waals surface area contributed by atoms with Gasteiger partial charge in [-0.3, -0.25) is 0 Å². The van der Waals surface area contributed by atoms with Gasteiger partial charge in [0.15, 0.2) is 0 Å². The largest absolute Gasteiger partial charge is 0.318 e. The van der Waals surface area contributed by atoms with Gasteiger partial charge in [-0.15, -0.1) is 0 Å². The fourth-order valence-electron chi connectivity index (χ4n) is 1.39. The molecule has 0 saturated carbocycles. The van der Waals surface area contributed by atoms with Crippen molar-refractivity contribution in [1.29, 1.82) is 5.26 Å². The number of benzene rings is 1. The van der Waals surface area contributed by atoms with Crippen molar-refractivity contribution in [2.45, 2.75) is 4.90 Å². The first kappa shape index (κ1) is 14.6. The summed E-state index contributed by atoms with van der Waals surface area (Å²) in [5.41, 5.74) is -0.450. The molecule has 1 aromatic carbocycles. The van der Waals surface area contributed by atoms with E-state index in [0.717, 1.165) is 10.4 Å². The second kappa shape index (κ2) is 5.91. The van der Waals surface area contributed by atoms with Gasteiger partial charge in [0.25, 0.3) is 0 Å². The number of nitrogens with zero attached hydrogens (tertiary/aromatic N) is 2. The Balaban J connectivity index is 3.21. The molecule has 0 unspecified atom stereocenters. The molecule has 0 saturated heterocycles. The third-order valence-electron chi connectivity index (χ3n) is 2.45. The molecule has 5 nitrogen and oxygen atoms in total. The summed E-state index contributed by atoms with van der Waals surface area (Å²) in [6.07, 6.45) is 0. The van der Waals surface area contributed by atoms with E-state index in [1.807, 2.05) is 0 Å². The minimum atomic E-state index is -3.85. The highest BCUT2D eigenvalue weighted by molar-refractivity contribution is 7.89. The fraction of sp³-hybridized carbons (Fsp3) is 0.364. The molecule has 98 valence electrons. The molecular formula is C11H14FN3O2S. The van der Waals surface area contributed by atoms with Gasteiger partial charge in [-0.1, -0.05) is 6.07 Å². The Labute approximate surface area is 106 Å². The van der Waals surface area contributed by atoms with Crippen LogP contribution in [-0.2, 0) is 10.0 Å². The summed E-state index contributed by atoms with van der Waals surface area (Å²) < 4.78 is 38.8. The molecule has 0 amide bonds. The molecule has 0 aliphatic rings. The van der Waals surface area contributed by atoms with E-state index < -0.39 is 21.4 Å². The van der Waals surface area contributed by atoms with Gasteiger partial charge in [0.2, 0.25) is 10.0 Å². The monoisotopic (exact) mass is 271 g/mol. The second-order valence-corrected chi connectivity index (χ2v) is 5.67. The number of hydrogen-bond donors (Lipinski definition) is 1. The first-order valence-electron chi connectivity index (χ1n) is 5.24. The number of hydrogen-bond acceptors (Lipinski definition) is 4. The van der Waals surface area contributed by atoms with E-state index >= 15 is 0 Å². The SMILES string of the molecule is CNCCN(C)S(=O)(=O)c1cccc(F)c1C#N. The lowest BCUT2D eigenvalue weighted by Crippen LogP contribution is -2.33. The van der Waals surface area contributed by atoms with Crippen LogP contribution in [0.2, 0.25) is 0 Å². The van der Waals surface area contributed by atoms with Gasteiger partial charge < -0.3 is 5.32 Å². The van der Waals surface area contributed by atoms with E-state index in [2.05, 4.69) is 5.32 Å². The molecule has 0 aliphatic heterocycles. The van der Waals surface area contributed by atoms with Crippen LogP contribution >= 0.6 is 0 Å². The highest BCUT2D eigenvalue weighted by Gasteiger charge is 2.25. The fourth-order valence-corrected chi connectivity index (χ4v) is 2.70. The molecule has 0 aliphatic carbocycles. The highest BCUT2D eigenvalue weighted by Crippen LogP contribution is 2.20. The van der Waals surface area contributed by atoms with Gasteiger partial charge in [-0.2, -0.15) is 9.57 Å². The number of sulfonamides is 1. The van der Waals surface area contributed by atoms with E-state index in [4.69, 9.17) is 5.26 Å². The summed E-state index contributed by atoms with van der Waals surface area (Å²) in [4.78, 5) is -0.302. The van der Waals surface area contributed by atoms with E-state index in [0.29, 0.717) is 6.54 Å². The molecule has 18 heavy (non-hydrogen) atoms. The minimum absolute atomic E-state index is 0.236. The predicted octanol–water partition coefficient (Wildman–Crippen LogP) is 0.537. The average molecular weight is 271 g/mol. The van der Waals surface area contributed by atoms with Crippen LogP contribution in [0.4, 0.5) is 4.39 Å². The van der Waals surface area contributed by atoms with Gasteiger partial charge in [-0.25, -0.2) is 12.8 Å². The molecule has 1 N–H and O–H groups in total. The maximum Gasteiger partial charge on any atom is 0.244 e. The molecule has 0 heterocycles. The molecule has 0 fully saturated rings. The van der Waals surface area contributed by atoms with Crippen molar-refractivity contribution >= 4 is 10.0 Å². The average Bonchev–Trinajstić information content (AvgIpc) is 2.35. The molecule has 0 atom stereocenters. The topological polar surface area (TPSA) is 73.2 Å². The highest BCUT2D eigenvalue weighted by atomic mass is 32.2. The van der Waals surface area contributed by atoms with Crippen molar-refractivity contribution in [3.05, 3.63) is 29.6 Å². The summed E-state index contributed by atoms with van der Waals surface area (Å²) in [6.45, 7) is 0.702. The predicted molar refractivity (Wildman–Crippen MR) is 64.9 cm³/mol. The number of rotatable bonds is 5. The van der Waals surface area contributed by atoms with Crippen LogP contribution in [0.3, 0.4) is 0 Å². The Hall–Kier alpha value is -1.49. The normalized spacial score (nSPS) is 11.5. The zero-order valence-electron chi connectivity index (χ0n) is 10.1. The molecule has 0 aromatic heterocycles. The van der Waals surface area contributed by atoms with Crippen LogP contribution in [0.25, 0.3) is 0 Å². The van der Waals surface area contributed by atoms with Gasteiger partial charge in [0.1, 0.15) is 22.3 Å². The lowest BCUT2D eigenvalue weighted by Gasteiger charge is -2.17. The first-order chi connectivity index (χ1) is 8.45. The van der Waals surface area contributed by atoms with Crippen LogP contribution in [-0.4, -0.2) is 39.9 Å². The molecular weight excluding hydrogens is 257 g/mol. The Morgan fingerprint density at radius 1 is 1.50 bits per heavy atom. The van der Waals surface area contributed by atoms with E-state index in [9.17, 15) is 12.8 Å². The molecule has 1 aromatic rings. The van der Waals surface area contributed by atoms with Gasteiger partial charge >= 0.3 is 0 Å². The van der Waals surface area contributed by atoms with Crippen molar-refractivity contribution in [3.8, 4) is 6.07 Å². The van der Waals surface area contributed by atoms with Crippen LogP contribution in [0.1, 0.15) is 5.56 Å². The number of likely N-dealkylation sites (N-methyl/N-ethyl adjacent to an activating group) is 2. The van der Waals surface area contributed by atoms with Crippen LogP contribution in [0.5, 0.6) is 0 Å². The maximum atomic E-state index is 13.4. The number of nitriles is 1. The maximum absolute atomic E-state index is 13.4.